The lowest BCUT2D eigenvalue weighted by Crippen LogP contribution is -2.30. The number of amides is 1. The van der Waals surface area contributed by atoms with Gasteiger partial charge in [-0.1, -0.05) is 12.1 Å². The van der Waals surface area contributed by atoms with Gasteiger partial charge in [0.1, 0.15) is 11.5 Å². The molecule has 8 heteroatoms. The van der Waals surface area contributed by atoms with Crippen LogP contribution < -0.4 is 19.5 Å². The number of nitrogens with one attached hydrogen (secondary N) is 2. The Labute approximate surface area is 182 Å². The van der Waals surface area contributed by atoms with Crippen LogP contribution in [0, 0.1) is 6.92 Å². The number of methoxy groups -OCH3 is 1. The van der Waals surface area contributed by atoms with Crippen molar-refractivity contribution in [3.8, 4) is 11.5 Å². The van der Waals surface area contributed by atoms with E-state index >= 15 is 0 Å². The fraction of sp³-hybridized carbons (Fsp3) is 0.174. The number of ether oxygens (including phenoxy) is 2. The molecule has 0 aliphatic carbocycles. The van der Waals surface area contributed by atoms with Gasteiger partial charge in [0.2, 0.25) is 0 Å². The van der Waals surface area contributed by atoms with Gasteiger partial charge in [-0.15, -0.1) is 0 Å². The van der Waals surface area contributed by atoms with Gasteiger partial charge in [-0.2, -0.15) is 0 Å². The van der Waals surface area contributed by atoms with Gasteiger partial charge in [-0.25, -0.2) is 8.42 Å². The molecule has 0 saturated heterocycles. The summed E-state index contributed by atoms with van der Waals surface area (Å²) in [6.45, 7) is 3.51. The molecule has 3 aromatic carbocycles. The molecular formula is C23H24N2O5S. The molecule has 0 aliphatic rings. The van der Waals surface area contributed by atoms with Crippen LogP contribution in [0.3, 0.4) is 0 Å². The molecule has 0 aromatic heterocycles. The Morgan fingerprint density at radius 3 is 2.16 bits per heavy atom. The highest BCUT2D eigenvalue weighted by Gasteiger charge is 2.17. The van der Waals surface area contributed by atoms with Crippen molar-refractivity contribution >= 4 is 27.3 Å². The van der Waals surface area contributed by atoms with Crippen LogP contribution in [-0.4, -0.2) is 27.5 Å². The summed E-state index contributed by atoms with van der Waals surface area (Å²) in [5.41, 5.74) is 1.90. The Hall–Kier alpha value is -3.52. The molecule has 162 valence electrons. The van der Waals surface area contributed by atoms with E-state index in [9.17, 15) is 13.2 Å². The van der Waals surface area contributed by atoms with E-state index in [0.29, 0.717) is 22.9 Å². The fourth-order valence-corrected chi connectivity index (χ4v) is 3.85. The molecule has 3 rings (SSSR count). The van der Waals surface area contributed by atoms with Crippen molar-refractivity contribution in [3.05, 3.63) is 78.4 Å². The number of hydrogen-bond donors (Lipinski definition) is 2. The first-order valence-corrected chi connectivity index (χ1v) is 11.1. The lowest BCUT2D eigenvalue weighted by atomic mass is 10.2. The zero-order chi connectivity index (χ0) is 22.4. The van der Waals surface area contributed by atoms with E-state index in [2.05, 4.69) is 10.0 Å². The number of carbonyl (C=O) groups is 1. The highest BCUT2D eigenvalue weighted by Crippen LogP contribution is 2.21. The van der Waals surface area contributed by atoms with Crippen molar-refractivity contribution in [1.82, 2.24) is 0 Å². The third-order valence-electron chi connectivity index (χ3n) is 4.44. The predicted molar refractivity (Wildman–Crippen MR) is 120 cm³/mol. The number of hydrogen-bond acceptors (Lipinski definition) is 5. The first kappa shape index (κ1) is 22.2. The van der Waals surface area contributed by atoms with Crippen molar-refractivity contribution < 1.29 is 22.7 Å². The number of aryl methyl sites for hydroxylation is 1. The smallest absolute Gasteiger partial charge is 0.265 e. The quantitative estimate of drug-likeness (QED) is 0.547. The molecule has 0 bridgehead atoms. The molecular weight excluding hydrogens is 416 g/mol. The van der Waals surface area contributed by atoms with Gasteiger partial charge in [-0.05, 0) is 80.1 Å². The van der Waals surface area contributed by atoms with Crippen LogP contribution in [0.2, 0.25) is 0 Å². The Morgan fingerprint density at radius 1 is 0.903 bits per heavy atom. The van der Waals surface area contributed by atoms with Crippen molar-refractivity contribution in [2.24, 2.45) is 0 Å². The van der Waals surface area contributed by atoms with E-state index in [1.807, 2.05) is 13.0 Å². The first-order chi connectivity index (χ1) is 14.8. The average Bonchev–Trinajstić information content (AvgIpc) is 2.74. The molecule has 0 aliphatic heterocycles. The molecule has 0 saturated carbocycles. The number of anilines is 2. The maximum Gasteiger partial charge on any atom is 0.265 e. The summed E-state index contributed by atoms with van der Waals surface area (Å²) in [5.74, 6) is 0.868. The third-order valence-corrected chi connectivity index (χ3v) is 5.84. The van der Waals surface area contributed by atoms with Gasteiger partial charge in [-0.3, -0.25) is 9.52 Å². The van der Waals surface area contributed by atoms with Crippen molar-refractivity contribution in [2.45, 2.75) is 24.8 Å². The number of benzene rings is 3. The number of carbonyl (C=O) groups excluding carboxylic acids is 1. The van der Waals surface area contributed by atoms with Crippen LogP contribution in [0.1, 0.15) is 12.5 Å². The summed E-state index contributed by atoms with van der Waals surface area (Å²) in [5, 5.41) is 2.72. The monoisotopic (exact) mass is 440 g/mol. The lowest BCUT2D eigenvalue weighted by molar-refractivity contribution is -0.122. The van der Waals surface area contributed by atoms with Crippen LogP contribution in [0.25, 0.3) is 0 Å². The average molecular weight is 441 g/mol. The standard InChI is InChI=1S/C23H24N2O5S/c1-16-5-4-6-19(15-16)25-31(27,28)22-13-7-18(8-14-22)24-23(26)17(2)30-21-11-9-20(29-3)10-12-21/h4-15,17,25H,1-3H3,(H,24,26)/t17-/m0/s1. The molecule has 0 spiro atoms. The Bertz CT molecular complexity index is 1140. The van der Waals surface area contributed by atoms with E-state index in [1.54, 1.807) is 56.5 Å². The maximum absolute atomic E-state index is 12.6. The molecule has 3 aromatic rings. The molecule has 2 N–H and O–H groups in total. The van der Waals surface area contributed by atoms with Crippen LogP contribution >= 0.6 is 0 Å². The lowest BCUT2D eigenvalue weighted by Gasteiger charge is -2.15. The second-order valence-corrected chi connectivity index (χ2v) is 8.61. The van der Waals surface area contributed by atoms with E-state index in [0.717, 1.165) is 5.56 Å². The van der Waals surface area contributed by atoms with Gasteiger partial charge in [0.25, 0.3) is 15.9 Å². The second kappa shape index (κ2) is 9.53. The van der Waals surface area contributed by atoms with Crippen molar-refractivity contribution in [2.75, 3.05) is 17.1 Å². The molecule has 31 heavy (non-hydrogen) atoms. The zero-order valence-corrected chi connectivity index (χ0v) is 18.3. The minimum atomic E-state index is -3.74. The van der Waals surface area contributed by atoms with E-state index in [1.165, 1.54) is 24.3 Å². The molecule has 1 atom stereocenters. The summed E-state index contributed by atoms with van der Waals surface area (Å²) in [6.07, 6.45) is -0.750. The van der Waals surface area contributed by atoms with Gasteiger partial charge >= 0.3 is 0 Å². The van der Waals surface area contributed by atoms with Gasteiger partial charge in [0.05, 0.1) is 12.0 Å². The van der Waals surface area contributed by atoms with Crippen LogP contribution in [-0.2, 0) is 14.8 Å². The number of sulfonamides is 1. The van der Waals surface area contributed by atoms with Gasteiger partial charge in [0, 0.05) is 11.4 Å². The zero-order valence-electron chi connectivity index (χ0n) is 17.5. The molecule has 0 radical (unpaired) electrons. The minimum Gasteiger partial charge on any atom is -0.497 e. The highest BCUT2D eigenvalue weighted by molar-refractivity contribution is 7.92. The SMILES string of the molecule is COc1ccc(O[C@@H](C)C(=O)Nc2ccc(S(=O)(=O)Nc3cccc(C)c3)cc2)cc1. The maximum atomic E-state index is 12.6. The van der Waals surface area contributed by atoms with E-state index in [-0.39, 0.29) is 10.8 Å². The summed E-state index contributed by atoms with van der Waals surface area (Å²) in [4.78, 5) is 12.5. The molecule has 0 fully saturated rings. The highest BCUT2D eigenvalue weighted by atomic mass is 32.2. The van der Waals surface area contributed by atoms with Crippen molar-refractivity contribution in [1.29, 1.82) is 0 Å². The Kier molecular flexibility index (Phi) is 6.81. The molecule has 0 unspecified atom stereocenters. The summed E-state index contributed by atoms with van der Waals surface area (Å²) in [6, 6.07) is 19.9. The van der Waals surface area contributed by atoms with Gasteiger partial charge < -0.3 is 14.8 Å². The molecule has 7 nitrogen and oxygen atoms in total. The summed E-state index contributed by atoms with van der Waals surface area (Å²) in [7, 11) is -2.17. The fourth-order valence-electron chi connectivity index (χ4n) is 2.80. The van der Waals surface area contributed by atoms with Crippen molar-refractivity contribution in [3.63, 3.8) is 0 Å². The second-order valence-electron chi connectivity index (χ2n) is 6.92. The summed E-state index contributed by atoms with van der Waals surface area (Å²) < 4.78 is 38.4. The first-order valence-electron chi connectivity index (χ1n) is 9.58. The third kappa shape index (κ3) is 5.99. The predicted octanol–water partition coefficient (Wildman–Crippen LogP) is 4.21. The largest absolute Gasteiger partial charge is 0.497 e. The Balaban J connectivity index is 1.61. The Morgan fingerprint density at radius 2 is 1.55 bits per heavy atom. The van der Waals surface area contributed by atoms with E-state index in [4.69, 9.17) is 9.47 Å². The van der Waals surface area contributed by atoms with Gasteiger partial charge in [0.15, 0.2) is 6.10 Å². The molecule has 0 heterocycles. The van der Waals surface area contributed by atoms with Crippen LogP contribution in [0.4, 0.5) is 11.4 Å². The van der Waals surface area contributed by atoms with Crippen LogP contribution in [0.5, 0.6) is 11.5 Å². The molecule has 1 amide bonds. The summed E-state index contributed by atoms with van der Waals surface area (Å²) >= 11 is 0. The minimum absolute atomic E-state index is 0.0922. The van der Waals surface area contributed by atoms with Crippen LogP contribution in [0.15, 0.2) is 77.7 Å². The van der Waals surface area contributed by atoms with E-state index < -0.39 is 16.1 Å². The normalized spacial score (nSPS) is 12.0. The number of rotatable bonds is 8. The topological polar surface area (TPSA) is 93.7 Å².